The Morgan fingerprint density at radius 1 is 0.292 bits per heavy atom. The summed E-state index contributed by atoms with van der Waals surface area (Å²) in [4.78, 5) is 0. The van der Waals surface area contributed by atoms with E-state index in [1.165, 1.54) is 66.8 Å². The minimum Gasteiger partial charge on any atom is -0.0538 e. The van der Waals surface area contributed by atoms with Crippen LogP contribution in [0.4, 0.5) is 0 Å². The van der Waals surface area contributed by atoms with Crippen LogP contribution in [0.3, 0.4) is 0 Å². The van der Waals surface area contributed by atoms with Gasteiger partial charge < -0.3 is 0 Å². The van der Waals surface area contributed by atoms with Gasteiger partial charge in [-0.05, 0) is 136 Å². The second-order valence-corrected chi connectivity index (χ2v) is 7.41. The van der Waals surface area contributed by atoms with E-state index < -0.39 is 0 Å². The Balaban J connectivity index is 2.67. The van der Waals surface area contributed by atoms with Crippen LogP contribution in [0, 0.1) is 69.2 Å². The lowest BCUT2D eigenvalue weighted by Crippen LogP contribution is -2.00. The van der Waals surface area contributed by atoms with E-state index in [2.05, 4.69) is 81.4 Å². The van der Waals surface area contributed by atoms with Gasteiger partial charge in [-0.1, -0.05) is 12.2 Å². The minimum absolute atomic E-state index is 1.38. The van der Waals surface area contributed by atoms with Gasteiger partial charge in [0, 0.05) is 0 Å². The molecule has 0 amide bonds. The van der Waals surface area contributed by atoms with Crippen molar-refractivity contribution < 1.29 is 0 Å². The van der Waals surface area contributed by atoms with E-state index in [0.29, 0.717) is 0 Å². The molecular formula is C24H32. The zero-order valence-corrected chi connectivity index (χ0v) is 17.2. The lowest BCUT2D eigenvalue weighted by atomic mass is 9.87. The summed E-state index contributed by atoms with van der Waals surface area (Å²) in [6.07, 6.45) is 4.65. The predicted molar refractivity (Wildman–Crippen MR) is 109 cm³/mol. The quantitative estimate of drug-likeness (QED) is 0.526. The van der Waals surface area contributed by atoms with E-state index in [0.717, 1.165) is 0 Å². The average Bonchev–Trinajstić information content (AvgIpc) is 2.57. The number of rotatable bonds is 2. The number of benzene rings is 2. The molecule has 0 heterocycles. The molecule has 0 saturated carbocycles. The standard InChI is InChI=1S/C24H32/c1-13-15(3)19(7)23(20(8)16(13)4)11-12-24-21(9)17(5)14(2)18(6)22(24)10/h11-12H,1-10H3/b12-11+. The number of hydrogen-bond acceptors (Lipinski definition) is 0. The van der Waals surface area contributed by atoms with Crippen LogP contribution in [0.15, 0.2) is 0 Å². The fourth-order valence-corrected chi connectivity index (χ4v) is 3.72. The van der Waals surface area contributed by atoms with Crippen LogP contribution in [0.1, 0.15) is 66.8 Å². The summed E-state index contributed by atoms with van der Waals surface area (Å²) in [5.41, 5.74) is 16.9. The third-order valence-corrected chi connectivity index (χ3v) is 6.53. The molecule has 0 bridgehead atoms. The van der Waals surface area contributed by atoms with Gasteiger partial charge in [0.05, 0.1) is 0 Å². The highest BCUT2D eigenvalue weighted by Gasteiger charge is 2.12. The molecule has 0 unspecified atom stereocenters. The first-order chi connectivity index (χ1) is 11.1. The van der Waals surface area contributed by atoms with Crippen molar-refractivity contribution in [3.63, 3.8) is 0 Å². The predicted octanol–water partition coefficient (Wildman–Crippen LogP) is 6.94. The van der Waals surface area contributed by atoms with Gasteiger partial charge in [0.1, 0.15) is 0 Å². The molecule has 0 aromatic heterocycles. The van der Waals surface area contributed by atoms with Crippen LogP contribution in [0.2, 0.25) is 0 Å². The van der Waals surface area contributed by atoms with E-state index >= 15 is 0 Å². The molecule has 0 nitrogen and oxygen atoms in total. The maximum absolute atomic E-state index is 2.33. The van der Waals surface area contributed by atoms with E-state index in [4.69, 9.17) is 0 Å². The van der Waals surface area contributed by atoms with E-state index in [1.807, 2.05) is 0 Å². The van der Waals surface area contributed by atoms with Gasteiger partial charge in [-0.15, -0.1) is 0 Å². The second-order valence-electron chi connectivity index (χ2n) is 7.41. The topological polar surface area (TPSA) is 0 Å². The lowest BCUT2D eigenvalue weighted by Gasteiger charge is -2.18. The molecule has 128 valence electrons. The van der Waals surface area contributed by atoms with E-state index in [1.54, 1.807) is 0 Å². The second kappa shape index (κ2) is 6.59. The molecule has 0 aliphatic rings. The van der Waals surface area contributed by atoms with Gasteiger partial charge >= 0.3 is 0 Å². The molecule has 2 aromatic rings. The molecule has 2 rings (SSSR count). The summed E-state index contributed by atoms with van der Waals surface area (Å²) in [5, 5.41) is 0. The molecule has 2 aromatic carbocycles. The van der Waals surface area contributed by atoms with Gasteiger partial charge in [0.2, 0.25) is 0 Å². The highest BCUT2D eigenvalue weighted by atomic mass is 14.2. The first-order valence-electron chi connectivity index (χ1n) is 8.91. The highest BCUT2D eigenvalue weighted by Crippen LogP contribution is 2.30. The Labute approximate surface area is 148 Å². The first-order valence-corrected chi connectivity index (χ1v) is 8.91. The third kappa shape index (κ3) is 2.83. The van der Waals surface area contributed by atoms with Gasteiger partial charge in [-0.25, -0.2) is 0 Å². The van der Waals surface area contributed by atoms with Crippen molar-refractivity contribution in [3.05, 3.63) is 66.8 Å². The van der Waals surface area contributed by atoms with E-state index in [-0.39, 0.29) is 0 Å². The largest absolute Gasteiger partial charge is 0.0538 e. The molecule has 0 fully saturated rings. The highest BCUT2D eigenvalue weighted by molar-refractivity contribution is 5.78. The van der Waals surface area contributed by atoms with Crippen LogP contribution >= 0.6 is 0 Å². The number of hydrogen-bond donors (Lipinski definition) is 0. The molecule has 0 aliphatic carbocycles. The molecule has 0 heteroatoms. The molecule has 0 saturated heterocycles. The van der Waals surface area contributed by atoms with Crippen LogP contribution in [-0.2, 0) is 0 Å². The lowest BCUT2D eigenvalue weighted by molar-refractivity contribution is 1.16. The Bertz CT molecular complexity index is 716. The Morgan fingerprint density at radius 2 is 0.458 bits per heavy atom. The van der Waals surface area contributed by atoms with Crippen molar-refractivity contribution in [2.24, 2.45) is 0 Å². The van der Waals surface area contributed by atoms with Crippen molar-refractivity contribution >= 4 is 12.2 Å². The van der Waals surface area contributed by atoms with Gasteiger partial charge in [0.25, 0.3) is 0 Å². The fraction of sp³-hybridized carbons (Fsp3) is 0.417. The molecule has 0 radical (unpaired) electrons. The van der Waals surface area contributed by atoms with Crippen molar-refractivity contribution in [2.75, 3.05) is 0 Å². The minimum atomic E-state index is 1.38. The molecule has 0 N–H and O–H groups in total. The fourth-order valence-electron chi connectivity index (χ4n) is 3.72. The molecule has 0 spiro atoms. The first kappa shape index (κ1) is 18.5. The normalized spacial score (nSPS) is 11.6. The van der Waals surface area contributed by atoms with Crippen LogP contribution in [0.25, 0.3) is 12.2 Å². The van der Waals surface area contributed by atoms with E-state index in [9.17, 15) is 0 Å². The Hall–Kier alpha value is -1.82. The summed E-state index contributed by atoms with van der Waals surface area (Å²) in [7, 11) is 0. The van der Waals surface area contributed by atoms with Crippen LogP contribution < -0.4 is 0 Å². The van der Waals surface area contributed by atoms with Gasteiger partial charge in [-0.3, -0.25) is 0 Å². The summed E-state index contributed by atoms with van der Waals surface area (Å²) >= 11 is 0. The van der Waals surface area contributed by atoms with Crippen molar-refractivity contribution in [1.29, 1.82) is 0 Å². The summed E-state index contributed by atoms with van der Waals surface area (Å²) < 4.78 is 0. The van der Waals surface area contributed by atoms with Crippen LogP contribution in [-0.4, -0.2) is 0 Å². The monoisotopic (exact) mass is 320 g/mol. The molecule has 0 aliphatic heterocycles. The molecule has 0 atom stereocenters. The smallest absolute Gasteiger partial charge is 0.0192 e. The third-order valence-electron chi connectivity index (χ3n) is 6.53. The summed E-state index contributed by atoms with van der Waals surface area (Å²) in [5.74, 6) is 0. The summed E-state index contributed by atoms with van der Waals surface area (Å²) in [6.45, 7) is 22.4. The average molecular weight is 321 g/mol. The Morgan fingerprint density at radius 3 is 0.667 bits per heavy atom. The van der Waals surface area contributed by atoms with Crippen molar-refractivity contribution in [3.8, 4) is 0 Å². The van der Waals surface area contributed by atoms with Crippen molar-refractivity contribution in [1.82, 2.24) is 0 Å². The molecular weight excluding hydrogens is 288 g/mol. The zero-order chi connectivity index (χ0) is 18.3. The van der Waals surface area contributed by atoms with Gasteiger partial charge in [-0.2, -0.15) is 0 Å². The summed E-state index contributed by atoms with van der Waals surface area (Å²) in [6, 6.07) is 0. The van der Waals surface area contributed by atoms with Crippen LogP contribution in [0.5, 0.6) is 0 Å². The van der Waals surface area contributed by atoms with Gasteiger partial charge in [0.15, 0.2) is 0 Å². The SMILES string of the molecule is Cc1c(C)c(C)c(/C=C/c2c(C)c(C)c(C)c(C)c2C)c(C)c1C. The zero-order valence-electron chi connectivity index (χ0n) is 17.2. The molecule has 24 heavy (non-hydrogen) atoms. The van der Waals surface area contributed by atoms with Crippen molar-refractivity contribution in [2.45, 2.75) is 69.2 Å². The maximum atomic E-state index is 2.33. The maximum Gasteiger partial charge on any atom is -0.0192 e. The Kier molecular flexibility index (Phi) is 5.08.